The second-order valence-corrected chi connectivity index (χ2v) is 5.66. The van der Waals surface area contributed by atoms with Gasteiger partial charge in [0.1, 0.15) is 5.69 Å². The number of aromatic nitrogens is 2. The first-order chi connectivity index (χ1) is 10.6. The van der Waals surface area contributed by atoms with Gasteiger partial charge in [0.15, 0.2) is 5.82 Å². The molecule has 3 rings (SSSR count). The Labute approximate surface area is 128 Å². The Balaban J connectivity index is 1.73. The van der Waals surface area contributed by atoms with E-state index in [0.717, 1.165) is 24.9 Å². The molecule has 1 unspecified atom stereocenters. The van der Waals surface area contributed by atoms with Crippen LogP contribution in [0.1, 0.15) is 18.4 Å². The van der Waals surface area contributed by atoms with E-state index < -0.39 is 5.82 Å². The van der Waals surface area contributed by atoms with Crippen LogP contribution in [0.5, 0.6) is 0 Å². The number of hydrogen-bond donors (Lipinski definition) is 2. The maximum Gasteiger partial charge on any atom is 0.228 e. The Kier molecular flexibility index (Phi) is 4.20. The molecule has 22 heavy (non-hydrogen) atoms. The summed E-state index contributed by atoms with van der Waals surface area (Å²) >= 11 is 0. The van der Waals surface area contributed by atoms with Crippen LogP contribution < -0.4 is 10.6 Å². The molecule has 1 aliphatic heterocycles. The number of rotatable bonds is 3. The number of aryl methyl sites for hydroxylation is 1. The first-order valence-electron chi connectivity index (χ1n) is 7.46. The number of amides is 1. The van der Waals surface area contributed by atoms with Crippen molar-refractivity contribution in [1.29, 1.82) is 0 Å². The highest BCUT2D eigenvalue weighted by Crippen LogP contribution is 2.20. The molecule has 0 bridgehead atoms. The zero-order valence-electron chi connectivity index (χ0n) is 12.5. The number of anilines is 1. The standard InChI is InChI=1S/C16H19FN4O/c1-11-8-19-21(10-11)15-5-4-13(7-14(15)17)20-16(22)12-3-2-6-18-9-12/h4-5,7-8,10,12,18H,2-3,6,9H2,1H3,(H,20,22). The van der Waals surface area contributed by atoms with Crippen LogP contribution in [0, 0.1) is 18.7 Å². The van der Waals surface area contributed by atoms with Crippen LogP contribution in [0.25, 0.3) is 5.69 Å². The lowest BCUT2D eigenvalue weighted by molar-refractivity contribution is -0.120. The number of nitrogens with zero attached hydrogens (tertiary/aromatic N) is 2. The Morgan fingerprint density at radius 1 is 1.50 bits per heavy atom. The number of nitrogens with one attached hydrogen (secondary N) is 2. The van der Waals surface area contributed by atoms with Crippen LogP contribution in [-0.2, 0) is 4.79 Å². The van der Waals surface area contributed by atoms with Crippen LogP contribution in [0.4, 0.5) is 10.1 Å². The van der Waals surface area contributed by atoms with Gasteiger partial charge in [-0.15, -0.1) is 0 Å². The molecule has 1 aromatic heterocycles. The molecule has 0 spiro atoms. The van der Waals surface area contributed by atoms with Crippen molar-refractivity contribution in [2.45, 2.75) is 19.8 Å². The Hall–Kier alpha value is -2.21. The Bertz CT molecular complexity index is 677. The van der Waals surface area contributed by atoms with E-state index in [-0.39, 0.29) is 11.8 Å². The third-order valence-electron chi connectivity index (χ3n) is 3.84. The average molecular weight is 302 g/mol. The van der Waals surface area contributed by atoms with E-state index in [1.54, 1.807) is 24.5 Å². The Morgan fingerprint density at radius 2 is 2.36 bits per heavy atom. The smallest absolute Gasteiger partial charge is 0.228 e. The van der Waals surface area contributed by atoms with Crippen LogP contribution in [-0.4, -0.2) is 28.8 Å². The number of benzene rings is 1. The van der Waals surface area contributed by atoms with E-state index in [1.165, 1.54) is 10.7 Å². The lowest BCUT2D eigenvalue weighted by Gasteiger charge is -2.22. The van der Waals surface area contributed by atoms with E-state index in [0.29, 0.717) is 17.9 Å². The van der Waals surface area contributed by atoms with Crippen molar-refractivity contribution in [2.24, 2.45) is 5.92 Å². The summed E-state index contributed by atoms with van der Waals surface area (Å²) in [7, 11) is 0. The fraction of sp³-hybridized carbons (Fsp3) is 0.375. The fourth-order valence-electron chi connectivity index (χ4n) is 2.63. The zero-order chi connectivity index (χ0) is 15.5. The fourth-order valence-corrected chi connectivity index (χ4v) is 2.63. The van der Waals surface area contributed by atoms with Crippen LogP contribution >= 0.6 is 0 Å². The quantitative estimate of drug-likeness (QED) is 0.914. The van der Waals surface area contributed by atoms with Gasteiger partial charge >= 0.3 is 0 Å². The van der Waals surface area contributed by atoms with Crippen molar-refractivity contribution in [2.75, 3.05) is 18.4 Å². The maximum absolute atomic E-state index is 14.2. The molecule has 0 aliphatic carbocycles. The van der Waals surface area contributed by atoms with Crippen LogP contribution in [0.15, 0.2) is 30.6 Å². The highest BCUT2D eigenvalue weighted by molar-refractivity contribution is 5.92. The topological polar surface area (TPSA) is 59.0 Å². The third kappa shape index (κ3) is 3.17. The number of halogens is 1. The molecular weight excluding hydrogens is 283 g/mol. The van der Waals surface area contributed by atoms with E-state index >= 15 is 0 Å². The van der Waals surface area contributed by atoms with Crippen molar-refractivity contribution in [3.05, 3.63) is 42.0 Å². The zero-order valence-corrected chi connectivity index (χ0v) is 12.5. The van der Waals surface area contributed by atoms with Crippen molar-refractivity contribution in [3.8, 4) is 5.69 Å². The van der Waals surface area contributed by atoms with Crippen molar-refractivity contribution in [1.82, 2.24) is 15.1 Å². The molecule has 0 saturated carbocycles. The van der Waals surface area contributed by atoms with E-state index in [4.69, 9.17) is 0 Å². The number of carbonyl (C=O) groups excluding carboxylic acids is 1. The predicted octanol–water partition coefficient (Wildman–Crippen LogP) is 2.26. The molecule has 1 amide bonds. The summed E-state index contributed by atoms with van der Waals surface area (Å²) < 4.78 is 15.7. The normalized spacial score (nSPS) is 18.2. The second kappa shape index (κ2) is 6.27. The highest BCUT2D eigenvalue weighted by Gasteiger charge is 2.21. The summed E-state index contributed by atoms with van der Waals surface area (Å²) in [4.78, 5) is 12.1. The van der Waals surface area contributed by atoms with Gasteiger partial charge in [-0.25, -0.2) is 9.07 Å². The first kappa shape index (κ1) is 14.7. The molecule has 1 aromatic carbocycles. The highest BCUT2D eigenvalue weighted by atomic mass is 19.1. The third-order valence-corrected chi connectivity index (χ3v) is 3.84. The molecule has 2 aromatic rings. The van der Waals surface area contributed by atoms with Gasteiger partial charge in [-0.3, -0.25) is 4.79 Å². The van der Waals surface area contributed by atoms with Gasteiger partial charge in [-0.2, -0.15) is 5.10 Å². The molecule has 2 N–H and O–H groups in total. The molecule has 1 fully saturated rings. The molecule has 2 heterocycles. The summed E-state index contributed by atoms with van der Waals surface area (Å²) in [6, 6.07) is 4.65. The Morgan fingerprint density at radius 3 is 3.00 bits per heavy atom. The molecule has 1 atom stereocenters. The summed E-state index contributed by atoms with van der Waals surface area (Å²) in [5.41, 5.74) is 1.80. The summed E-state index contributed by atoms with van der Waals surface area (Å²) in [5.74, 6) is -0.526. The molecule has 1 aliphatic rings. The van der Waals surface area contributed by atoms with Gasteiger partial charge in [-0.1, -0.05) is 0 Å². The number of carbonyl (C=O) groups is 1. The van der Waals surface area contributed by atoms with Crippen molar-refractivity contribution in [3.63, 3.8) is 0 Å². The molecular formula is C16H19FN4O. The number of hydrogen-bond acceptors (Lipinski definition) is 3. The van der Waals surface area contributed by atoms with Gasteiger partial charge in [-0.05, 0) is 50.1 Å². The van der Waals surface area contributed by atoms with E-state index in [9.17, 15) is 9.18 Å². The van der Waals surface area contributed by atoms with Crippen LogP contribution in [0.3, 0.4) is 0 Å². The minimum Gasteiger partial charge on any atom is -0.326 e. The number of piperidine rings is 1. The summed E-state index contributed by atoms with van der Waals surface area (Å²) in [6.45, 7) is 3.53. The maximum atomic E-state index is 14.2. The average Bonchev–Trinajstić information content (AvgIpc) is 2.94. The lowest BCUT2D eigenvalue weighted by Crippen LogP contribution is -2.37. The van der Waals surface area contributed by atoms with Crippen molar-refractivity contribution < 1.29 is 9.18 Å². The molecule has 116 valence electrons. The predicted molar refractivity (Wildman–Crippen MR) is 82.5 cm³/mol. The van der Waals surface area contributed by atoms with Gasteiger partial charge in [0.25, 0.3) is 0 Å². The van der Waals surface area contributed by atoms with Gasteiger partial charge in [0.2, 0.25) is 5.91 Å². The van der Waals surface area contributed by atoms with Gasteiger partial charge < -0.3 is 10.6 Å². The monoisotopic (exact) mass is 302 g/mol. The minimum atomic E-state index is -0.414. The van der Waals surface area contributed by atoms with E-state index in [1.807, 2.05) is 6.92 Å². The van der Waals surface area contributed by atoms with E-state index in [2.05, 4.69) is 15.7 Å². The van der Waals surface area contributed by atoms with Crippen LogP contribution in [0.2, 0.25) is 0 Å². The largest absolute Gasteiger partial charge is 0.326 e. The first-order valence-corrected chi connectivity index (χ1v) is 7.46. The molecule has 1 saturated heterocycles. The SMILES string of the molecule is Cc1cnn(-c2ccc(NC(=O)C3CCCNC3)cc2F)c1. The second-order valence-electron chi connectivity index (χ2n) is 5.66. The van der Waals surface area contributed by atoms with Crippen molar-refractivity contribution >= 4 is 11.6 Å². The molecule has 6 heteroatoms. The summed E-state index contributed by atoms with van der Waals surface area (Å²) in [6.07, 6.45) is 5.28. The molecule has 0 radical (unpaired) electrons. The lowest BCUT2D eigenvalue weighted by atomic mass is 9.99. The molecule has 5 nitrogen and oxygen atoms in total. The van der Waals surface area contributed by atoms with Gasteiger partial charge in [0, 0.05) is 18.4 Å². The van der Waals surface area contributed by atoms with Gasteiger partial charge in [0.05, 0.1) is 12.1 Å². The summed E-state index contributed by atoms with van der Waals surface area (Å²) in [5, 5.41) is 10.1. The minimum absolute atomic E-state index is 0.0507.